The van der Waals surface area contributed by atoms with Crippen molar-refractivity contribution in [3.63, 3.8) is 0 Å². The maximum atomic E-state index is 13.0. The largest absolute Gasteiger partial charge is 0.434 e. The van der Waals surface area contributed by atoms with Crippen LogP contribution in [0, 0.1) is 0 Å². The predicted molar refractivity (Wildman–Crippen MR) is 97.9 cm³/mol. The first-order valence-corrected chi connectivity index (χ1v) is 8.81. The van der Waals surface area contributed by atoms with Crippen molar-refractivity contribution in [2.45, 2.75) is 20.0 Å². The van der Waals surface area contributed by atoms with Gasteiger partial charge in [0.25, 0.3) is 0 Å². The van der Waals surface area contributed by atoms with Crippen LogP contribution in [0.15, 0.2) is 36.0 Å². The summed E-state index contributed by atoms with van der Waals surface area (Å²) in [6.45, 7) is 2.66. The van der Waals surface area contributed by atoms with E-state index in [2.05, 4.69) is 20.3 Å². The second kappa shape index (κ2) is 7.47. The highest BCUT2D eigenvalue weighted by molar-refractivity contribution is 7.13. The third kappa shape index (κ3) is 4.22. The van der Waals surface area contributed by atoms with E-state index in [1.807, 2.05) is 0 Å². The van der Waals surface area contributed by atoms with E-state index in [9.17, 15) is 22.8 Å². The first kappa shape index (κ1) is 19.6. The van der Waals surface area contributed by atoms with Crippen LogP contribution in [0.1, 0.15) is 30.0 Å². The van der Waals surface area contributed by atoms with E-state index in [0.29, 0.717) is 16.7 Å². The third-order valence-electron chi connectivity index (χ3n) is 3.66. The second-order valence-electron chi connectivity index (χ2n) is 5.82. The van der Waals surface area contributed by atoms with E-state index in [1.54, 1.807) is 6.07 Å². The summed E-state index contributed by atoms with van der Waals surface area (Å²) in [5.41, 5.74) is 0.558. The van der Waals surface area contributed by atoms with Crippen molar-refractivity contribution in [2.75, 3.05) is 5.32 Å². The number of amides is 1. The standard InChI is InChI=1S/C18H13F3N4O2S/c1-9(26)14-5-11(3-4-22-14)13-7-23-16(24-10(2)27)6-12(13)17-25-15(8-28-17)18(19,20)21/h3-8H,1-2H3,(H,23,24,27). The number of carbonyl (C=O) groups excluding carboxylic acids is 2. The van der Waals surface area contributed by atoms with Crippen molar-refractivity contribution < 1.29 is 22.8 Å². The van der Waals surface area contributed by atoms with Crippen LogP contribution in [0.5, 0.6) is 0 Å². The van der Waals surface area contributed by atoms with E-state index in [1.165, 1.54) is 38.4 Å². The van der Waals surface area contributed by atoms with Gasteiger partial charge in [-0.15, -0.1) is 11.3 Å². The fourth-order valence-electron chi connectivity index (χ4n) is 2.43. The van der Waals surface area contributed by atoms with Gasteiger partial charge in [0, 0.05) is 42.7 Å². The molecule has 3 heterocycles. The molecule has 28 heavy (non-hydrogen) atoms. The maximum Gasteiger partial charge on any atom is 0.434 e. The molecule has 0 atom stereocenters. The van der Waals surface area contributed by atoms with Crippen molar-refractivity contribution in [3.8, 4) is 21.7 Å². The number of ketones is 1. The van der Waals surface area contributed by atoms with Gasteiger partial charge in [0.15, 0.2) is 11.5 Å². The number of thiazole rings is 1. The van der Waals surface area contributed by atoms with Crippen LogP contribution >= 0.6 is 11.3 Å². The Labute approximate surface area is 161 Å². The summed E-state index contributed by atoms with van der Waals surface area (Å²) in [7, 11) is 0. The molecular formula is C18H13F3N4O2S. The number of hydrogen-bond acceptors (Lipinski definition) is 6. The lowest BCUT2D eigenvalue weighted by atomic mass is 10.0. The summed E-state index contributed by atoms with van der Waals surface area (Å²) in [6, 6.07) is 4.59. The molecular weight excluding hydrogens is 393 g/mol. The monoisotopic (exact) mass is 406 g/mol. The molecule has 0 spiro atoms. The number of Topliss-reactive ketones (excluding diaryl/α,β-unsaturated/α-hetero) is 1. The van der Waals surface area contributed by atoms with E-state index in [-0.39, 0.29) is 28.2 Å². The smallest absolute Gasteiger partial charge is 0.311 e. The van der Waals surface area contributed by atoms with Crippen LogP contribution in [0.4, 0.5) is 19.0 Å². The molecule has 0 aliphatic carbocycles. The molecule has 6 nitrogen and oxygen atoms in total. The Morgan fingerprint density at radius 3 is 2.46 bits per heavy atom. The quantitative estimate of drug-likeness (QED) is 0.647. The second-order valence-corrected chi connectivity index (χ2v) is 6.68. The molecule has 3 aromatic heterocycles. The molecule has 0 radical (unpaired) electrons. The summed E-state index contributed by atoms with van der Waals surface area (Å²) in [6.07, 6.45) is -1.73. The highest BCUT2D eigenvalue weighted by Gasteiger charge is 2.34. The molecule has 1 N–H and O–H groups in total. The molecule has 0 aromatic carbocycles. The number of alkyl halides is 3. The highest BCUT2D eigenvalue weighted by atomic mass is 32.1. The highest BCUT2D eigenvalue weighted by Crippen LogP contribution is 2.38. The predicted octanol–water partition coefficient (Wildman–Crippen LogP) is 4.45. The Morgan fingerprint density at radius 2 is 1.86 bits per heavy atom. The average molecular weight is 406 g/mol. The third-order valence-corrected chi connectivity index (χ3v) is 4.54. The van der Waals surface area contributed by atoms with Crippen LogP contribution in [0.25, 0.3) is 21.7 Å². The Bertz CT molecular complexity index is 1060. The molecule has 0 unspecified atom stereocenters. The van der Waals surface area contributed by atoms with Crippen LogP contribution < -0.4 is 5.32 Å². The molecule has 10 heteroatoms. The lowest BCUT2D eigenvalue weighted by Gasteiger charge is -2.11. The summed E-state index contributed by atoms with van der Waals surface area (Å²) in [5.74, 6) is -0.445. The van der Waals surface area contributed by atoms with Gasteiger partial charge in [0.2, 0.25) is 5.91 Å². The molecule has 0 saturated carbocycles. The zero-order valence-electron chi connectivity index (χ0n) is 14.7. The van der Waals surface area contributed by atoms with Crippen molar-refractivity contribution >= 4 is 28.8 Å². The zero-order valence-corrected chi connectivity index (χ0v) is 15.5. The van der Waals surface area contributed by atoms with Crippen molar-refractivity contribution in [2.24, 2.45) is 0 Å². The van der Waals surface area contributed by atoms with Crippen LogP contribution in [0.3, 0.4) is 0 Å². The lowest BCUT2D eigenvalue weighted by Crippen LogP contribution is -2.08. The van der Waals surface area contributed by atoms with Crippen LogP contribution in [-0.2, 0) is 11.0 Å². The molecule has 1 amide bonds. The number of nitrogens with zero attached hydrogens (tertiary/aromatic N) is 3. The molecule has 3 aromatic rings. The molecule has 0 aliphatic heterocycles. The lowest BCUT2D eigenvalue weighted by molar-refractivity contribution is -0.140. The Morgan fingerprint density at radius 1 is 1.11 bits per heavy atom. The summed E-state index contributed by atoms with van der Waals surface area (Å²) < 4.78 is 38.9. The number of anilines is 1. The van der Waals surface area contributed by atoms with Gasteiger partial charge in [-0.1, -0.05) is 0 Å². The van der Waals surface area contributed by atoms with Gasteiger partial charge in [-0.05, 0) is 23.8 Å². The topological polar surface area (TPSA) is 84.8 Å². The minimum absolute atomic E-state index is 0.109. The van der Waals surface area contributed by atoms with Gasteiger partial charge in [0.05, 0.1) is 0 Å². The van der Waals surface area contributed by atoms with Gasteiger partial charge in [-0.3, -0.25) is 14.6 Å². The number of halogens is 3. The zero-order chi connectivity index (χ0) is 20.5. The van der Waals surface area contributed by atoms with Crippen LogP contribution in [-0.4, -0.2) is 26.6 Å². The average Bonchev–Trinajstić information content (AvgIpc) is 3.11. The molecule has 0 aliphatic rings. The number of carbonyl (C=O) groups is 2. The molecule has 144 valence electrons. The minimum Gasteiger partial charge on any atom is -0.311 e. The normalized spacial score (nSPS) is 11.3. The van der Waals surface area contributed by atoms with Gasteiger partial charge in [-0.25, -0.2) is 9.97 Å². The number of hydrogen-bond donors (Lipinski definition) is 1. The van der Waals surface area contributed by atoms with E-state index < -0.39 is 11.9 Å². The minimum atomic E-state index is -4.57. The summed E-state index contributed by atoms with van der Waals surface area (Å²) in [5, 5.41) is 3.53. The number of aromatic nitrogens is 3. The number of pyridine rings is 2. The Balaban J connectivity index is 2.17. The van der Waals surface area contributed by atoms with Crippen LogP contribution in [0.2, 0.25) is 0 Å². The molecule has 3 rings (SSSR count). The van der Waals surface area contributed by atoms with Crippen molar-refractivity contribution in [1.82, 2.24) is 15.0 Å². The summed E-state index contributed by atoms with van der Waals surface area (Å²) in [4.78, 5) is 34.7. The molecule has 0 saturated heterocycles. The first-order valence-electron chi connectivity index (χ1n) is 7.93. The summed E-state index contributed by atoms with van der Waals surface area (Å²) >= 11 is 0.822. The fraction of sp³-hybridized carbons (Fsp3) is 0.167. The first-order chi connectivity index (χ1) is 13.1. The Hall–Kier alpha value is -3.14. The number of rotatable bonds is 4. The molecule has 0 bridgehead atoms. The van der Waals surface area contributed by atoms with E-state index >= 15 is 0 Å². The molecule has 0 fully saturated rings. The Kier molecular flexibility index (Phi) is 5.23. The van der Waals surface area contributed by atoms with Gasteiger partial charge in [0.1, 0.15) is 16.5 Å². The maximum absolute atomic E-state index is 13.0. The van der Waals surface area contributed by atoms with Crippen molar-refractivity contribution in [3.05, 3.63) is 47.4 Å². The van der Waals surface area contributed by atoms with E-state index in [4.69, 9.17) is 0 Å². The van der Waals surface area contributed by atoms with Gasteiger partial charge in [-0.2, -0.15) is 13.2 Å². The SMILES string of the molecule is CC(=O)Nc1cc(-c2nc(C(F)(F)F)cs2)c(-c2ccnc(C(C)=O)c2)cn1. The van der Waals surface area contributed by atoms with Crippen molar-refractivity contribution in [1.29, 1.82) is 0 Å². The van der Waals surface area contributed by atoms with E-state index in [0.717, 1.165) is 16.7 Å². The fourth-order valence-corrected chi connectivity index (χ4v) is 3.29. The number of nitrogens with one attached hydrogen (secondary N) is 1. The van der Waals surface area contributed by atoms with Gasteiger partial charge < -0.3 is 5.32 Å². The van der Waals surface area contributed by atoms with Gasteiger partial charge >= 0.3 is 6.18 Å².